The summed E-state index contributed by atoms with van der Waals surface area (Å²) in [4.78, 5) is 0. The quantitative estimate of drug-likeness (QED) is 0.490. The molecule has 3 heteroatoms. The highest BCUT2D eigenvalue weighted by molar-refractivity contribution is 14.1. The molecule has 48 valence electrons. The third-order valence-electron chi connectivity index (χ3n) is 1.28. The second-order valence-electron chi connectivity index (χ2n) is 1.87. The molecule has 1 saturated heterocycles. The van der Waals surface area contributed by atoms with Gasteiger partial charge in [0.15, 0.2) is 0 Å². The van der Waals surface area contributed by atoms with Crippen LogP contribution in [0.3, 0.4) is 0 Å². The highest BCUT2D eigenvalue weighted by Crippen LogP contribution is 2.18. The minimum Gasteiger partial charge on any atom is -0.374 e. The molecular weight excluding hydrogens is 222 g/mol. The minimum absolute atomic E-state index is 0.115. The normalized spacial score (nSPS) is 38.2. The molecule has 1 rings (SSSR count). The summed E-state index contributed by atoms with van der Waals surface area (Å²) in [7, 11) is 0. The van der Waals surface area contributed by atoms with Crippen molar-refractivity contribution in [1.29, 1.82) is 0 Å². The summed E-state index contributed by atoms with van der Waals surface area (Å²) in [6, 6.07) is 0. The van der Waals surface area contributed by atoms with E-state index < -0.39 is 6.17 Å². The van der Waals surface area contributed by atoms with Crippen LogP contribution in [0.5, 0.6) is 0 Å². The fraction of sp³-hybridized carbons (Fsp3) is 1.00. The molecule has 1 nitrogen and oxygen atoms in total. The Morgan fingerprint density at radius 3 is 2.75 bits per heavy atom. The van der Waals surface area contributed by atoms with Gasteiger partial charge in [-0.15, -0.1) is 0 Å². The van der Waals surface area contributed by atoms with Crippen LogP contribution in [0.15, 0.2) is 0 Å². The standard InChI is InChI=1S/C5H8FIO/c6-4-1-2-8-5(4)3-7/h4-5H,1-3H2. The second-order valence-corrected chi connectivity index (χ2v) is 2.75. The van der Waals surface area contributed by atoms with Gasteiger partial charge in [0.1, 0.15) is 6.17 Å². The summed E-state index contributed by atoms with van der Waals surface area (Å²) in [5.74, 6) is 0. The molecule has 0 spiro atoms. The van der Waals surface area contributed by atoms with E-state index in [1.54, 1.807) is 0 Å². The first-order valence-corrected chi connectivity index (χ1v) is 4.19. The van der Waals surface area contributed by atoms with Crippen LogP contribution in [-0.2, 0) is 4.74 Å². The van der Waals surface area contributed by atoms with Gasteiger partial charge in [-0.2, -0.15) is 0 Å². The summed E-state index contributed by atoms with van der Waals surface area (Å²) < 4.78 is 18.3. The smallest absolute Gasteiger partial charge is 0.129 e. The van der Waals surface area contributed by atoms with E-state index in [2.05, 4.69) is 22.6 Å². The molecule has 0 aromatic rings. The van der Waals surface area contributed by atoms with E-state index in [1.807, 2.05) is 0 Å². The number of hydrogen-bond acceptors (Lipinski definition) is 1. The van der Waals surface area contributed by atoms with Crippen LogP contribution in [0.25, 0.3) is 0 Å². The predicted molar refractivity (Wildman–Crippen MR) is 38.1 cm³/mol. The van der Waals surface area contributed by atoms with E-state index in [9.17, 15) is 4.39 Å². The first-order chi connectivity index (χ1) is 3.84. The molecule has 2 unspecified atom stereocenters. The molecule has 0 N–H and O–H groups in total. The maximum atomic E-state index is 12.5. The first-order valence-electron chi connectivity index (χ1n) is 2.66. The van der Waals surface area contributed by atoms with Crippen LogP contribution < -0.4 is 0 Å². The Labute approximate surface area is 61.7 Å². The van der Waals surface area contributed by atoms with Crippen molar-refractivity contribution in [3.63, 3.8) is 0 Å². The van der Waals surface area contributed by atoms with Crippen molar-refractivity contribution in [3.05, 3.63) is 0 Å². The minimum atomic E-state index is -0.702. The summed E-state index contributed by atoms with van der Waals surface area (Å²) in [5.41, 5.74) is 0. The molecule has 0 saturated carbocycles. The maximum Gasteiger partial charge on any atom is 0.129 e. The molecule has 0 bridgehead atoms. The molecule has 2 atom stereocenters. The van der Waals surface area contributed by atoms with E-state index in [0.29, 0.717) is 13.0 Å². The van der Waals surface area contributed by atoms with E-state index >= 15 is 0 Å². The Morgan fingerprint density at radius 1 is 1.75 bits per heavy atom. The molecule has 1 aliphatic heterocycles. The van der Waals surface area contributed by atoms with Gasteiger partial charge >= 0.3 is 0 Å². The predicted octanol–water partition coefficient (Wildman–Crippen LogP) is 1.55. The largest absolute Gasteiger partial charge is 0.374 e. The molecule has 1 heterocycles. The van der Waals surface area contributed by atoms with Gasteiger partial charge in [-0.25, -0.2) is 4.39 Å². The maximum absolute atomic E-state index is 12.5. The molecule has 0 radical (unpaired) electrons. The first kappa shape index (κ1) is 6.74. The van der Waals surface area contributed by atoms with Crippen molar-refractivity contribution in [1.82, 2.24) is 0 Å². The number of ether oxygens (including phenoxy) is 1. The summed E-state index contributed by atoms with van der Waals surface area (Å²) in [6.45, 7) is 0.606. The lowest BCUT2D eigenvalue weighted by atomic mass is 10.2. The lowest BCUT2D eigenvalue weighted by Crippen LogP contribution is -2.17. The van der Waals surface area contributed by atoms with Gasteiger partial charge < -0.3 is 4.74 Å². The van der Waals surface area contributed by atoms with Crippen molar-refractivity contribution >= 4 is 22.6 Å². The highest BCUT2D eigenvalue weighted by Gasteiger charge is 2.26. The number of rotatable bonds is 1. The fourth-order valence-electron chi connectivity index (χ4n) is 0.764. The van der Waals surface area contributed by atoms with Gasteiger partial charge in [-0.3, -0.25) is 0 Å². The Hall–Kier alpha value is 0.620. The van der Waals surface area contributed by atoms with Crippen LogP contribution in [-0.4, -0.2) is 23.3 Å². The molecule has 8 heavy (non-hydrogen) atoms. The van der Waals surface area contributed by atoms with Gasteiger partial charge in [-0.05, 0) is 0 Å². The van der Waals surface area contributed by atoms with E-state index in [-0.39, 0.29) is 6.10 Å². The van der Waals surface area contributed by atoms with Gasteiger partial charge in [0.05, 0.1) is 6.10 Å². The van der Waals surface area contributed by atoms with Crippen LogP contribution in [0.1, 0.15) is 6.42 Å². The van der Waals surface area contributed by atoms with Crippen LogP contribution in [0.2, 0.25) is 0 Å². The van der Waals surface area contributed by atoms with Crippen molar-refractivity contribution in [3.8, 4) is 0 Å². The summed E-state index contributed by atoms with van der Waals surface area (Å²) in [6.07, 6.45) is -0.226. The van der Waals surface area contributed by atoms with Crippen LogP contribution >= 0.6 is 22.6 Å². The van der Waals surface area contributed by atoms with E-state index in [1.165, 1.54) is 0 Å². The molecule has 0 aromatic carbocycles. The van der Waals surface area contributed by atoms with Crippen molar-refractivity contribution < 1.29 is 9.13 Å². The average Bonchev–Trinajstić information content (AvgIpc) is 2.14. The SMILES string of the molecule is FC1CCOC1CI. The molecule has 1 aliphatic rings. The lowest BCUT2D eigenvalue weighted by molar-refractivity contribution is 0.0984. The number of hydrogen-bond donors (Lipinski definition) is 0. The van der Waals surface area contributed by atoms with Crippen molar-refractivity contribution in [2.24, 2.45) is 0 Å². The molecule has 0 aliphatic carbocycles. The van der Waals surface area contributed by atoms with E-state index in [4.69, 9.17) is 4.74 Å². The van der Waals surface area contributed by atoms with Gasteiger partial charge in [0, 0.05) is 17.5 Å². The lowest BCUT2D eigenvalue weighted by Gasteiger charge is -2.05. The summed E-state index contributed by atoms with van der Waals surface area (Å²) in [5, 5.41) is 0. The van der Waals surface area contributed by atoms with E-state index in [0.717, 1.165) is 4.43 Å². The molecule has 0 aromatic heterocycles. The van der Waals surface area contributed by atoms with Gasteiger partial charge in [0.2, 0.25) is 0 Å². The molecular formula is C5H8FIO. The van der Waals surface area contributed by atoms with Gasteiger partial charge in [0.25, 0.3) is 0 Å². The molecule has 0 amide bonds. The Bertz CT molecular complexity index is 78.8. The third-order valence-corrected chi connectivity index (χ3v) is 2.15. The Balaban J connectivity index is 2.30. The highest BCUT2D eigenvalue weighted by atomic mass is 127. The Kier molecular flexibility index (Phi) is 2.49. The van der Waals surface area contributed by atoms with Gasteiger partial charge in [-0.1, -0.05) is 22.6 Å². The molecule has 1 fully saturated rings. The third kappa shape index (κ3) is 1.31. The topological polar surface area (TPSA) is 9.23 Å². The monoisotopic (exact) mass is 230 g/mol. The zero-order chi connectivity index (χ0) is 5.98. The fourth-order valence-corrected chi connectivity index (χ4v) is 1.57. The Morgan fingerprint density at radius 2 is 2.50 bits per heavy atom. The zero-order valence-electron chi connectivity index (χ0n) is 4.44. The van der Waals surface area contributed by atoms with Crippen LogP contribution in [0, 0.1) is 0 Å². The van der Waals surface area contributed by atoms with Crippen LogP contribution in [0.4, 0.5) is 4.39 Å². The second kappa shape index (κ2) is 2.96. The number of halogens is 2. The number of alkyl halides is 2. The summed E-state index contributed by atoms with van der Waals surface area (Å²) >= 11 is 2.14. The zero-order valence-corrected chi connectivity index (χ0v) is 6.60. The van der Waals surface area contributed by atoms with Crippen molar-refractivity contribution in [2.75, 3.05) is 11.0 Å². The average molecular weight is 230 g/mol. The van der Waals surface area contributed by atoms with Crippen molar-refractivity contribution in [2.45, 2.75) is 18.7 Å².